The van der Waals surface area contributed by atoms with Gasteiger partial charge in [0.05, 0.1) is 6.04 Å². The Labute approximate surface area is 94.1 Å². The minimum Gasteiger partial charge on any atom is -0.384 e. The molecule has 3 nitrogen and oxygen atoms in total. The predicted octanol–water partition coefficient (Wildman–Crippen LogP) is 1.90. The van der Waals surface area contributed by atoms with Crippen molar-refractivity contribution < 1.29 is 9.90 Å². The smallest absolute Gasteiger partial charge is 0.249 e. The van der Waals surface area contributed by atoms with Gasteiger partial charge in [0.1, 0.15) is 6.10 Å². The van der Waals surface area contributed by atoms with E-state index in [1.807, 2.05) is 19.1 Å². The van der Waals surface area contributed by atoms with Crippen molar-refractivity contribution in [1.29, 1.82) is 0 Å². The van der Waals surface area contributed by atoms with Crippen LogP contribution in [0.1, 0.15) is 25.5 Å². The lowest BCUT2D eigenvalue weighted by molar-refractivity contribution is -0.129. The summed E-state index contributed by atoms with van der Waals surface area (Å²) in [4.78, 5) is 11.2. The second kappa shape index (κ2) is 5.14. The van der Waals surface area contributed by atoms with Crippen LogP contribution in [0.2, 0.25) is 5.02 Å². The van der Waals surface area contributed by atoms with Gasteiger partial charge in [0, 0.05) is 5.02 Å². The molecule has 0 bridgehead atoms. The van der Waals surface area contributed by atoms with Crippen LogP contribution in [0.5, 0.6) is 0 Å². The molecular formula is C11H14ClNO2. The monoisotopic (exact) mass is 227 g/mol. The Kier molecular flexibility index (Phi) is 4.12. The molecule has 0 saturated carbocycles. The molecule has 1 aromatic carbocycles. The van der Waals surface area contributed by atoms with E-state index in [4.69, 9.17) is 16.7 Å². The van der Waals surface area contributed by atoms with Gasteiger partial charge in [0.15, 0.2) is 0 Å². The lowest BCUT2D eigenvalue weighted by Gasteiger charge is -2.15. The van der Waals surface area contributed by atoms with Crippen molar-refractivity contribution in [3.05, 3.63) is 34.9 Å². The molecule has 0 aromatic heterocycles. The molecule has 0 saturated heterocycles. The molecule has 0 aliphatic carbocycles. The lowest BCUT2D eigenvalue weighted by atomic mass is 10.1. The van der Waals surface area contributed by atoms with Crippen LogP contribution in [0, 0.1) is 0 Å². The summed E-state index contributed by atoms with van der Waals surface area (Å²) in [6, 6.07) is 7.08. The number of aliphatic hydroxyl groups is 1. The highest BCUT2D eigenvalue weighted by Gasteiger charge is 2.13. The Morgan fingerprint density at radius 1 is 1.33 bits per heavy atom. The zero-order chi connectivity index (χ0) is 11.4. The number of hydrogen-bond donors (Lipinski definition) is 2. The average Bonchev–Trinajstić information content (AvgIpc) is 2.18. The maximum atomic E-state index is 11.2. The second-order valence-electron chi connectivity index (χ2n) is 3.46. The molecule has 15 heavy (non-hydrogen) atoms. The fourth-order valence-corrected chi connectivity index (χ4v) is 1.29. The third-order valence-electron chi connectivity index (χ3n) is 2.11. The van der Waals surface area contributed by atoms with Crippen LogP contribution >= 0.6 is 11.6 Å². The quantitative estimate of drug-likeness (QED) is 0.829. The Morgan fingerprint density at radius 3 is 2.33 bits per heavy atom. The summed E-state index contributed by atoms with van der Waals surface area (Å²) < 4.78 is 0. The van der Waals surface area contributed by atoms with Crippen molar-refractivity contribution in [3.63, 3.8) is 0 Å². The minimum atomic E-state index is -0.986. The number of aliphatic hydroxyl groups excluding tert-OH is 1. The Balaban J connectivity index is 2.65. The zero-order valence-electron chi connectivity index (χ0n) is 8.70. The van der Waals surface area contributed by atoms with E-state index < -0.39 is 6.10 Å². The van der Waals surface area contributed by atoms with Gasteiger partial charge >= 0.3 is 0 Å². The van der Waals surface area contributed by atoms with Crippen molar-refractivity contribution in [2.24, 2.45) is 0 Å². The molecule has 0 aliphatic rings. The van der Waals surface area contributed by atoms with Crippen molar-refractivity contribution in [2.75, 3.05) is 0 Å². The number of hydrogen-bond acceptors (Lipinski definition) is 2. The maximum Gasteiger partial charge on any atom is 0.249 e. The van der Waals surface area contributed by atoms with Gasteiger partial charge in [-0.3, -0.25) is 4.79 Å². The van der Waals surface area contributed by atoms with E-state index in [2.05, 4.69) is 5.32 Å². The van der Waals surface area contributed by atoms with Crippen LogP contribution in [0.15, 0.2) is 24.3 Å². The number of benzene rings is 1. The van der Waals surface area contributed by atoms with Crippen LogP contribution in [-0.4, -0.2) is 17.1 Å². The van der Waals surface area contributed by atoms with Crippen molar-refractivity contribution in [3.8, 4) is 0 Å². The molecule has 1 amide bonds. The van der Waals surface area contributed by atoms with Gasteiger partial charge in [-0.2, -0.15) is 0 Å². The predicted molar refractivity (Wildman–Crippen MR) is 59.7 cm³/mol. The first-order chi connectivity index (χ1) is 7.00. The normalized spacial score (nSPS) is 14.4. The van der Waals surface area contributed by atoms with Crippen LogP contribution in [-0.2, 0) is 4.79 Å². The summed E-state index contributed by atoms with van der Waals surface area (Å²) in [6.07, 6.45) is -0.986. The molecule has 1 aromatic rings. The third-order valence-corrected chi connectivity index (χ3v) is 2.36. The van der Waals surface area contributed by atoms with E-state index in [1.165, 1.54) is 6.92 Å². The van der Waals surface area contributed by atoms with Gasteiger partial charge in [-0.15, -0.1) is 0 Å². The largest absolute Gasteiger partial charge is 0.384 e. The minimum absolute atomic E-state index is 0.135. The second-order valence-corrected chi connectivity index (χ2v) is 3.89. The summed E-state index contributed by atoms with van der Waals surface area (Å²) in [5.41, 5.74) is 0.952. The van der Waals surface area contributed by atoms with Crippen molar-refractivity contribution in [2.45, 2.75) is 26.0 Å². The van der Waals surface area contributed by atoms with Crippen molar-refractivity contribution in [1.82, 2.24) is 5.32 Å². The molecule has 2 atom stereocenters. The van der Waals surface area contributed by atoms with E-state index in [1.54, 1.807) is 12.1 Å². The molecule has 0 fully saturated rings. The molecular weight excluding hydrogens is 214 g/mol. The van der Waals surface area contributed by atoms with E-state index in [0.717, 1.165) is 5.56 Å². The summed E-state index contributed by atoms with van der Waals surface area (Å²) >= 11 is 5.75. The average molecular weight is 228 g/mol. The van der Waals surface area contributed by atoms with Crippen LogP contribution in [0.4, 0.5) is 0 Å². The molecule has 4 heteroatoms. The van der Waals surface area contributed by atoms with Gasteiger partial charge < -0.3 is 10.4 Å². The van der Waals surface area contributed by atoms with Gasteiger partial charge in [-0.05, 0) is 31.5 Å². The topological polar surface area (TPSA) is 49.3 Å². The Bertz CT molecular complexity index is 335. The molecule has 0 heterocycles. The van der Waals surface area contributed by atoms with Gasteiger partial charge in [0.2, 0.25) is 5.91 Å². The number of halogens is 1. The number of rotatable bonds is 3. The summed E-state index contributed by atoms with van der Waals surface area (Å²) in [6.45, 7) is 3.29. The number of carbonyl (C=O) groups excluding carboxylic acids is 1. The number of carbonyl (C=O) groups is 1. The molecule has 0 spiro atoms. The van der Waals surface area contributed by atoms with Gasteiger partial charge in [-0.25, -0.2) is 0 Å². The van der Waals surface area contributed by atoms with E-state index in [-0.39, 0.29) is 11.9 Å². The summed E-state index contributed by atoms with van der Waals surface area (Å²) in [5, 5.41) is 12.4. The number of nitrogens with one attached hydrogen (secondary N) is 1. The first kappa shape index (κ1) is 12.0. The molecule has 0 aliphatic heterocycles. The maximum absolute atomic E-state index is 11.2. The van der Waals surface area contributed by atoms with Gasteiger partial charge in [-0.1, -0.05) is 23.7 Å². The molecule has 0 radical (unpaired) electrons. The Hall–Kier alpha value is -1.06. The number of amides is 1. The summed E-state index contributed by atoms with van der Waals surface area (Å²) in [5.74, 6) is -0.377. The fraction of sp³-hybridized carbons (Fsp3) is 0.364. The SMILES string of the molecule is CC(O)C(=O)NC(C)c1ccc(Cl)cc1. The first-order valence-electron chi connectivity index (χ1n) is 4.74. The van der Waals surface area contributed by atoms with Crippen LogP contribution in [0.25, 0.3) is 0 Å². The lowest BCUT2D eigenvalue weighted by Crippen LogP contribution is -2.34. The third kappa shape index (κ3) is 3.53. The highest BCUT2D eigenvalue weighted by atomic mass is 35.5. The van der Waals surface area contributed by atoms with Gasteiger partial charge in [0.25, 0.3) is 0 Å². The molecule has 1 rings (SSSR count). The summed E-state index contributed by atoms with van der Waals surface area (Å²) in [7, 11) is 0. The van der Waals surface area contributed by atoms with Crippen LogP contribution in [0.3, 0.4) is 0 Å². The standard InChI is InChI=1S/C11H14ClNO2/c1-7(13-11(15)8(2)14)9-3-5-10(12)6-4-9/h3-8,14H,1-2H3,(H,13,15). The zero-order valence-corrected chi connectivity index (χ0v) is 9.45. The molecule has 2 N–H and O–H groups in total. The Morgan fingerprint density at radius 2 is 1.87 bits per heavy atom. The fourth-order valence-electron chi connectivity index (χ4n) is 1.17. The molecule has 2 unspecified atom stereocenters. The van der Waals surface area contributed by atoms with E-state index in [0.29, 0.717) is 5.02 Å². The van der Waals surface area contributed by atoms with Crippen LogP contribution < -0.4 is 5.32 Å². The molecule has 82 valence electrons. The first-order valence-corrected chi connectivity index (χ1v) is 5.12. The highest BCUT2D eigenvalue weighted by molar-refractivity contribution is 6.30. The highest BCUT2D eigenvalue weighted by Crippen LogP contribution is 2.15. The van der Waals surface area contributed by atoms with E-state index in [9.17, 15) is 4.79 Å². The van der Waals surface area contributed by atoms with Crippen molar-refractivity contribution >= 4 is 17.5 Å². The van der Waals surface area contributed by atoms with E-state index >= 15 is 0 Å².